The summed E-state index contributed by atoms with van der Waals surface area (Å²) in [7, 11) is 0. The van der Waals surface area contributed by atoms with Gasteiger partial charge in [0.1, 0.15) is 18.0 Å². The number of rotatable bonds is 6. The molecule has 0 bridgehead atoms. The zero-order chi connectivity index (χ0) is 23.8. The van der Waals surface area contributed by atoms with Crippen LogP contribution in [0.1, 0.15) is 60.9 Å². The number of aryl methyl sites for hydroxylation is 3. The Labute approximate surface area is 208 Å². The number of carbonyl (C=O) groups is 1. The smallest absolute Gasteiger partial charge is 0.262 e. The van der Waals surface area contributed by atoms with E-state index in [0.29, 0.717) is 26.3 Å². The number of nitrogens with zero attached hydrogens (tertiary/aromatic N) is 2. The molecule has 184 valence electrons. The van der Waals surface area contributed by atoms with Crippen LogP contribution in [0.5, 0.6) is 11.5 Å². The fourth-order valence-corrected chi connectivity index (χ4v) is 7.13. The van der Waals surface area contributed by atoms with Gasteiger partial charge in [-0.05, 0) is 61.8 Å². The van der Waals surface area contributed by atoms with Crippen LogP contribution in [-0.2, 0) is 29.6 Å². The van der Waals surface area contributed by atoms with E-state index in [9.17, 15) is 9.59 Å². The van der Waals surface area contributed by atoms with Gasteiger partial charge in [0, 0.05) is 29.8 Å². The van der Waals surface area contributed by atoms with Crippen LogP contribution >= 0.6 is 11.3 Å². The van der Waals surface area contributed by atoms with Gasteiger partial charge in [-0.25, -0.2) is 4.98 Å². The summed E-state index contributed by atoms with van der Waals surface area (Å²) in [6, 6.07) is 6.20. The van der Waals surface area contributed by atoms with Crippen LogP contribution in [0.25, 0.3) is 10.2 Å². The third-order valence-electron chi connectivity index (χ3n) is 7.86. The Kier molecular flexibility index (Phi) is 6.00. The molecule has 1 aromatic carbocycles. The minimum Gasteiger partial charge on any atom is -0.486 e. The first-order valence-corrected chi connectivity index (χ1v) is 13.6. The molecule has 1 saturated carbocycles. The van der Waals surface area contributed by atoms with Crippen LogP contribution < -0.4 is 20.3 Å². The van der Waals surface area contributed by atoms with Gasteiger partial charge in [-0.15, -0.1) is 11.3 Å². The van der Waals surface area contributed by atoms with E-state index in [4.69, 9.17) is 9.47 Å². The maximum Gasteiger partial charge on any atom is 0.262 e. The summed E-state index contributed by atoms with van der Waals surface area (Å²) in [6.45, 7) is 2.08. The molecule has 0 spiro atoms. The van der Waals surface area contributed by atoms with Crippen molar-refractivity contribution in [3.63, 3.8) is 0 Å². The first-order chi connectivity index (χ1) is 17.1. The summed E-state index contributed by atoms with van der Waals surface area (Å²) in [6.07, 6.45) is 10.5. The van der Waals surface area contributed by atoms with E-state index in [1.807, 2.05) is 6.07 Å². The van der Waals surface area contributed by atoms with Gasteiger partial charge in [0.15, 0.2) is 11.5 Å². The van der Waals surface area contributed by atoms with Gasteiger partial charge in [0.05, 0.1) is 11.7 Å². The van der Waals surface area contributed by atoms with E-state index in [0.717, 1.165) is 66.7 Å². The molecule has 3 heterocycles. The predicted molar refractivity (Wildman–Crippen MR) is 136 cm³/mol. The van der Waals surface area contributed by atoms with Gasteiger partial charge in [0.2, 0.25) is 5.91 Å². The van der Waals surface area contributed by atoms with Crippen molar-refractivity contribution in [1.29, 1.82) is 0 Å². The summed E-state index contributed by atoms with van der Waals surface area (Å²) < 4.78 is 13.1. The zero-order valence-electron chi connectivity index (χ0n) is 19.9. The van der Waals surface area contributed by atoms with Crippen LogP contribution in [0, 0.1) is 0 Å². The number of carbonyl (C=O) groups excluding carboxylic acids is 1. The van der Waals surface area contributed by atoms with E-state index < -0.39 is 0 Å². The summed E-state index contributed by atoms with van der Waals surface area (Å²) in [5, 5.41) is 3.95. The van der Waals surface area contributed by atoms with Crippen LogP contribution in [0.4, 0.5) is 0 Å². The minimum absolute atomic E-state index is 0.00857. The van der Waals surface area contributed by atoms with E-state index >= 15 is 0 Å². The molecule has 1 N–H and O–H groups in total. The van der Waals surface area contributed by atoms with Gasteiger partial charge < -0.3 is 14.8 Å². The molecule has 3 aromatic rings. The average molecular weight is 494 g/mol. The summed E-state index contributed by atoms with van der Waals surface area (Å²) in [4.78, 5) is 32.7. The first-order valence-electron chi connectivity index (χ1n) is 12.8. The van der Waals surface area contributed by atoms with Gasteiger partial charge in [-0.1, -0.05) is 18.9 Å². The fraction of sp³-hybridized carbons (Fsp3) is 0.519. The zero-order valence-corrected chi connectivity index (χ0v) is 20.8. The van der Waals surface area contributed by atoms with E-state index in [-0.39, 0.29) is 23.3 Å². The van der Waals surface area contributed by atoms with Gasteiger partial charge in [0.25, 0.3) is 5.56 Å². The molecule has 8 heteroatoms. The lowest BCUT2D eigenvalue weighted by Crippen LogP contribution is -2.39. The molecule has 6 rings (SSSR count). The SMILES string of the molecule is O=C(CCn1cnc2sc3c(c2c1=O)CCCC3)NCC1(c2ccc3c(c2)OCCO3)CCCC1. The number of benzene rings is 1. The number of aromatic nitrogens is 2. The topological polar surface area (TPSA) is 82.5 Å². The molecule has 35 heavy (non-hydrogen) atoms. The Morgan fingerprint density at radius 1 is 1.09 bits per heavy atom. The van der Waals surface area contributed by atoms with Crippen molar-refractivity contribution >= 4 is 27.5 Å². The molecule has 2 aliphatic carbocycles. The summed E-state index contributed by atoms with van der Waals surface area (Å²) in [5.74, 6) is 1.55. The Bertz CT molecular complexity index is 1320. The molecule has 1 fully saturated rings. The maximum absolute atomic E-state index is 13.2. The summed E-state index contributed by atoms with van der Waals surface area (Å²) in [5.41, 5.74) is 2.30. The second kappa shape index (κ2) is 9.30. The maximum atomic E-state index is 13.2. The predicted octanol–water partition coefficient (Wildman–Crippen LogP) is 4.13. The van der Waals surface area contributed by atoms with Crippen LogP contribution in [-0.4, -0.2) is 35.2 Å². The third-order valence-corrected chi connectivity index (χ3v) is 9.06. The van der Waals surface area contributed by atoms with Gasteiger partial charge >= 0.3 is 0 Å². The van der Waals surface area contributed by atoms with Crippen LogP contribution in [0.2, 0.25) is 0 Å². The lowest BCUT2D eigenvalue weighted by Gasteiger charge is -2.31. The van der Waals surface area contributed by atoms with Gasteiger partial charge in [-0.2, -0.15) is 0 Å². The second-order valence-electron chi connectivity index (χ2n) is 10.0. The highest BCUT2D eigenvalue weighted by Crippen LogP contribution is 2.44. The Hall–Kier alpha value is -2.87. The molecular weight excluding hydrogens is 462 g/mol. The molecule has 2 aromatic heterocycles. The molecule has 1 aliphatic heterocycles. The minimum atomic E-state index is -0.0848. The van der Waals surface area contributed by atoms with Crippen molar-refractivity contribution in [2.75, 3.05) is 19.8 Å². The van der Waals surface area contributed by atoms with Crippen molar-refractivity contribution in [2.24, 2.45) is 0 Å². The number of amides is 1. The van der Waals surface area contributed by atoms with E-state index in [2.05, 4.69) is 22.4 Å². The van der Waals surface area contributed by atoms with Crippen molar-refractivity contribution in [2.45, 2.75) is 69.7 Å². The Balaban J connectivity index is 1.14. The monoisotopic (exact) mass is 493 g/mol. The number of hydrogen-bond acceptors (Lipinski definition) is 6. The van der Waals surface area contributed by atoms with Crippen LogP contribution in [0.3, 0.4) is 0 Å². The summed E-state index contributed by atoms with van der Waals surface area (Å²) >= 11 is 1.65. The van der Waals surface area contributed by atoms with Gasteiger partial charge in [-0.3, -0.25) is 14.2 Å². The number of hydrogen-bond donors (Lipinski definition) is 1. The number of fused-ring (bicyclic) bond motifs is 4. The quantitative estimate of drug-likeness (QED) is 0.559. The highest BCUT2D eigenvalue weighted by atomic mass is 32.1. The Morgan fingerprint density at radius 3 is 2.74 bits per heavy atom. The molecule has 0 saturated heterocycles. The van der Waals surface area contributed by atoms with Crippen molar-refractivity contribution in [3.8, 4) is 11.5 Å². The third kappa shape index (κ3) is 4.22. The van der Waals surface area contributed by atoms with E-state index in [1.165, 1.54) is 22.4 Å². The lowest BCUT2D eigenvalue weighted by molar-refractivity contribution is -0.121. The fourth-order valence-electron chi connectivity index (χ4n) is 5.91. The molecular formula is C27H31N3O4S. The van der Waals surface area contributed by atoms with Crippen molar-refractivity contribution in [3.05, 3.63) is 50.9 Å². The molecule has 0 radical (unpaired) electrons. The van der Waals surface area contributed by atoms with Crippen molar-refractivity contribution < 1.29 is 14.3 Å². The number of thiophene rings is 1. The average Bonchev–Trinajstić information content (AvgIpc) is 3.53. The largest absolute Gasteiger partial charge is 0.486 e. The van der Waals surface area contributed by atoms with Crippen molar-refractivity contribution in [1.82, 2.24) is 14.9 Å². The highest BCUT2D eigenvalue weighted by molar-refractivity contribution is 7.18. The molecule has 1 amide bonds. The van der Waals surface area contributed by atoms with Crippen LogP contribution in [0.15, 0.2) is 29.3 Å². The first kappa shape index (κ1) is 22.6. The normalized spacial score (nSPS) is 18.4. The number of ether oxygens (including phenoxy) is 2. The second-order valence-corrected chi connectivity index (χ2v) is 11.1. The highest BCUT2D eigenvalue weighted by Gasteiger charge is 2.36. The molecule has 0 atom stereocenters. The standard InChI is InChI=1S/C27H31N3O4S/c31-23(9-12-30-17-29-25-24(26(30)32)19-5-1-2-6-22(19)35-25)28-16-27(10-3-4-11-27)18-7-8-20-21(15-18)34-14-13-33-20/h7-8,15,17H,1-6,9-14,16H2,(H,28,31). The number of nitrogens with one attached hydrogen (secondary N) is 1. The molecule has 7 nitrogen and oxygen atoms in total. The van der Waals surface area contributed by atoms with E-state index in [1.54, 1.807) is 22.2 Å². The Morgan fingerprint density at radius 2 is 1.89 bits per heavy atom. The lowest BCUT2D eigenvalue weighted by atomic mass is 9.78. The molecule has 3 aliphatic rings. The molecule has 0 unspecified atom stereocenters.